The quantitative estimate of drug-likeness (QED) is 0.673. The van der Waals surface area contributed by atoms with Gasteiger partial charge in [0.2, 0.25) is 0 Å². The van der Waals surface area contributed by atoms with Gasteiger partial charge in [0, 0.05) is 12.5 Å². The Morgan fingerprint density at radius 1 is 0.952 bits per heavy atom. The Labute approximate surface area is 118 Å². The molecule has 0 saturated heterocycles. The maximum absolute atomic E-state index is 13.2. The summed E-state index contributed by atoms with van der Waals surface area (Å²) in [6, 6.07) is 6.78. The summed E-state index contributed by atoms with van der Waals surface area (Å²) in [4.78, 5) is 0. The predicted octanol–water partition coefficient (Wildman–Crippen LogP) is 3.02. The fraction of sp³-hybridized carbons (Fsp3) is 0.200. The molecule has 2 aromatic rings. The van der Waals surface area contributed by atoms with Gasteiger partial charge in [-0.15, -0.1) is 0 Å². The summed E-state index contributed by atoms with van der Waals surface area (Å²) in [6.07, 6.45) is -1.39. The second-order valence-corrected chi connectivity index (χ2v) is 4.64. The van der Waals surface area contributed by atoms with E-state index in [1.165, 1.54) is 18.2 Å². The highest BCUT2D eigenvalue weighted by atomic mass is 19.2. The van der Waals surface area contributed by atoms with Crippen LogP contribution in [0.4, 0.5) is 17.6 Å². The normalized spacial score (nSPS) is 14.0. The highest BCUT2D eigenvalue weighted by molar-refractivity contribution is 5.28. The Balaban J connectivity index is 2.39. The van der Waals surface area contributed by atoms with Crippen molar-refractivity contribution in [3.8, 4) is 0 Å². The van der Waals surface area contributed by atoms with Crippen LogP contribution in [0.2, 0.25) is 0 Å². The van der Waals surface area contributed by atoms with Crippen molar-refractivity contribution in [2.24, 2.45) is 5.73 Å². The van der Waals surface area contributed by atoms with Crippen LogP contribution in [0.25, 0.3) is 0 Å². The molecule has 2 nitrogen and oxygen atoms in total. The van der Waals surface area contributed by atoms with Crippen LogP contribution >= 0.6 is 0 Å². The number of rotatable bonds is 4. The average Bonchev–Trinajstić information content (AvgIpc) is 2.45. The van der Waals surface area contributed by atoms with Gasteiger partial charge < -0.3 is 10.8 Å². The van der Waals surface area contributed by atoms with Gasteiger partial charge in [-0.3, -0.25) is 0 Å². The van der Waals surface area contributed by atoms with E-state index in [0.717, 1.165) is 0 Å². The SMILES string of the molecule is NCC(c1cccc(F)c1)C(O)c1cc(F)c(F)c(F)c1. The highest BCUT2D eigenvalue weighted by Crippen LogP contribution is 2.31. The first-order valence-electron chi connectivity index (χ1n) is 6.22. The molecule has 0 aromatic heterocycles. The van der Waals surface area contributed by atoms with E-state index in [1.807, 2.05) is 0 Å². The number of nitrogens with two attached hydrogens (primary N) is 1. The van der Waals surface area contributed by atoms with Crippen molar-refractivity contribution >= 4 is 0 Å². The Bertz CT molecular complexity index is 624. The van der Waals surface area contributed by atoms with Gasteiger partial charge in [-0.25, -0.2) is 17.6 Å². The van der Waals surface area contributed by atoms with Gasteiger partial charge >= 0.3 is 0 Å². The molecule has 6 heteroatoms. The van der Waals surface area contributed by atoms with E-state index >= 15 is 0 Å². The largest absolute Gasteiger partial charge is 0.388 e. The molecule has 0 aliphatic carbocycles. The van der Waals surface area contributed by atoms with Crippen molar-refractivity contribution in [1.82, 2.24) is 0 Å². The maximum atomic E-state index is 13.2. The molecule has 0 aliphatic heterocycles. The third-order valence-corrected chi connectivity index (χ3v) is 3.26. The first kappa shape index (κ1) is 15.5. The molecule has 0 amide bonds. The van der Waals surface area contributed by atoms with Crippen molar-refractivity contribution in [2.75, 3.05) is 6.54 Å². The van der Waals surface area contributed by atoms with E-state index in [1.54, 1.807) is 6.07 Å². The maximum Gasteiger partial charge on any atom is 0.194 e. The molecule has 0 spiro atoms. The highest BCUT2D eigenvalue weighted by Gasteiger charge is 2.24. The minimum atomic E-state index is -1.61. The third kappa shape index (κ3) is 3.22. The lowest BCUT2D eigenvalue weighted by atomic mass is 9.89. The van der Waals surface area contributed by atoms with Crippen molar-refractivity contribution < 1.29 is 22.7 Å². The van der Waals surface area contributed by atoms with E-state index < -0.39 is 35.3 Å². The number of halogens is 4. The molecule has 112 valence electrons. The fourth-order valence-corrected chi connectivity index (χ4v) is 2.16. The molecular formula is C15H13F4NO. The second kappa shape index (κ2) is 6.24. The van der Waals surface area contributed by atoms with E-state index in [2.05, 4.69) is 0 Å². The van der Waals surface area contributed by atoms with Crippen LogP contribution in [-0.4, -0.2) is 11.7 Å². The van der Waals surface area contributed by atoms with Crippen LogP contribution in [0.3, 0.4) is 0 Å². The standard InChI is InChI=1S/C15H13F4NO/c16-10-3-1-2-8(4-10)11(7-20)15(21)9-5-12(17)14(19)13(18)6-9/h1-6,11,15,21H,7,20H2. The number of aliphatic hydroxyl groups excluding tert-OH is 1. The van der Waals surface area contributed by atoms with E-state index in [0.29, 0.717) is 17.7 Å². The van der Waals surface area contributed by atoms with Crippen LogP contribution in [0.5, 0.6) is 0 Å². The van der Waals surface area contributed by atoms with Gasteiger partial charge in [-0.2, -0.15) is 0 Å². The number of aliphatic hydroxyl groups is 1. The summed E-state index contributed by atoms with van der Waals surface area (Å²) in [7, 11) is 0. The third-order valence-electron chi connectivity index (χ3n) is 3.26. The summed E-state index contributed by atoms with van der Waals surface area (Å²) in [5.74, 6) is -5.71. The van der Waals surface area contributed by atoms with Gasteiger partial charge in [-0.05, 0) is 35.4 Å². The van der Waals surface area contributed by atoms with Gasteiger partial charge in [0.15, 0.2) is 17.5 Å². The minimum Gasteiger partial charge on any atom is -0.388 e. The van der Waals surface area contributed by atoms with Crippen molar-refractivity contribution in [2.45, 2.75) is 12.0 Å². The molecular weight excluding hydrogens is 286 g/mol. The summed E-state index contributed by atoms with van der Waals surface area (Å²) < 4.78 is 52.6. The Morgan fingerprint density at radius 3 is 2.10 bits per heavy atom. The van der Waals surface area contributed by atoms with Gasteiger partial charge in [0.1, 0.15) is 5.82 Å². The van der Waals surface area contributed by atoms with Gasteiger partial charge in [-0.1, -0.05) is 12.1 Å². The number of benzene rings is 2. The summed E-state index contributed by atoms with van der Waals surface area (Å²) in [6.45, 7) is -0.0781. The van der Waals surface area contributed by atoms with Crippen LogP contribution in [0, 0.1) is 23.3 Å². The lowest BCUT2D eigenvalue weighted by Gasteiger charge is -2.22. The molecule has 2 aromatic carbocycles. The molecule has 0 radical (unpaired) electrons. The average molecular weight is 299 g/mol. The Kier molecular flexibility index (Phi) is 4.59. The molecule has 3 N–H and O–H groups in total. The fourth-order valence-electron chi connectivity index (χ4n) is 2.16. The molecule has 0 bridgehead atoms. The molecule has 0 heterocycles. The van der Waals surface area contributed by atoms with Crippen LogP contribution in [0.15, 0.2) is 36.4 Å². The van der Waals surface area contributed by atoms with E-state index in [9.17, 15) is 22.7 Å². The summed E-state index contributed by atoms with van der Waals surface area (Å²) in [5.41, 5.74) is 5.78. The van der Waals surface area contributed by atoms with E-state index in [4.69, 9.17) is 5.73 Å². The van der Waals surface area contributed by atoms with Gasteiger partial charge in [0.25, 0.3) is 0 Å². The predicted molar refractivity (Wildman–Crippen MR) is 69.5 cm³/mol. The summed E-state index contributed by atoms with van der Waals surface area (Å²) in [5, 5.41) is 10.2. The minimum absolute atomic E-state index is 0.0781. The second-order valence-electron chi connectivity index (χ2n) is 4.64. The molecule has 2 atom stereocenters. The number of hydrogen-bond acceptors (Lipinski definition) is 2. The topological polar surface area (TPSA) is 46.2 Å². The van der Waals surface area contributed by atoms with Crippen LogP contribution in [-0.2, 0) is 0 Å². The molecule has 0 aliphatic rings. The monoisotopic (exact) mass is 299 g/mol. The zero-order valence-corrected chi connectivity index (χ0v) is 10.9. The summed E-state index contributed by atoms with van der Waals surface area (Å²) >= 11 is 0. The van der Waals surface area contributed by atoms with Gasteiger partial charge in [0.05, 0.1) is 6.10 Å². The van der Waals surface area contributed by atoms with Crippen LogP contribution < -0.4 is 5.73 Å². The molecule has 2 unspecified atom stereocenters. The zero-order valence-electron chi connectivity index (χ0n) is 10.9. The lowest BCUT2D eigenvalue weighted by molar-refractivity contribution is 0.146. The Hall–Kier alpha value is -1.92. The van der Waals surface area contributed by atoms with Crippen molar-refractivity contribution in [3.05, 3.63) is 70.8 Å². The number of hydrogen-bond donors (Lipinski definition) is 2. The lowest BCUT2D eigenvalue weighted by Crippen LogP contribution is -2.20. The zero-order chi connectivity index (χ0) is 15.6. The Morgan fingerprint density at radius 2 is 1.57 bits per heavy atom. The molecule has 21 heavy (non-hydrogen) atoms. The molecule has 2 rings (SSSR count). The molecule has 0 fully saturated rings. The van der Waals surface area contributed by atoms with Crippen molar-refractivity contribution in [3.63, 3.8) is 0 Å². The smallest absolute Gasteiger partial charge is 0.194 e. The van der Waals surface area contributed by atoms with Crippen molar-refractivity contribution in [1.29, 1.82) is 0 Å². The van der Waals surface area contributed by atoms with Crippen LogP contribution in [0.1, 0.15) is 23.1 Å². The van der Waals surface area contributed by atoms with E-state index in [-0.39, 0.29) is 12.1 Å². The first-order chi connectivity index (χ1) is 9.93. The molecule has 0 saturated carbocycles. The first-order valence-corrected chi connectivity index (χ1v) is 6.22.